The van der Waals surface area contributed by atoms with E-state index >= 15 is 0 Å². The second kappa shape index (κ2) is 10.1. The van der Waals surface area contributed by atoms with Crippen molar-refractivity contribution in [2.45, 2.75) is 25.7 Å². The van der Waals surface area contributed by atoms with E-state index in [4.69, 9.17) is 9.15 Å². The van der Waals surface area contributed by atoms with Crippen molar-refractivity contribution < 1.29 is 22.7 Å². The highest BCUT2D eigenvalue weighted by atomic mass is 32.2. The molecule has 0 unspecified atom stereocenters. The normalized spacial score (nSPS) is 10.9. The van der Waals surface area contributed by atoms with E-state index in [-0.39, 0.29) is 23.5 Å². The smallest absolute Gasteiger partial charge is 0.277 e. The standard InChI is InChI=1S/C22H18F2N4O3S2/c1-12-3-4-13(2)18(7-12)30-9-20-27-28-22(31-20)33-11-19(29)26-21-25-17(10-32-21)14-5-6-15(23)16(24)8-14/h3-8,10H,9,11H2,1-2H3,(H,25,26,29). The van der Waals surface area contributed by atoms with Gasteiger partial charge in [-0.05, 0) is 49.2 Å². The van der Waals surface area contributed by atoms with Crippen LogP contribution in [0.25, 0.3) is 11.3 Å². The van der Waals surface area contributed by atoms with E-state index in [1.165, 1.54) is 17.4 Å². The Morgan fingerprint density at radius 2 is 2.00 bits per heavy atom. The summed E-state index contributed by atoms with van der Waals surface area (Å²) in [5.74, 6) is -1.14. The van der Waals surface area contributed by atoms with Crippen molar-refractivity contribution in [2.75, 3.05) is 11.1 Å². The maximum atomic E-state index is 13.4. The number of thioether (sulfide) groups is 1. The van der Waals surface area contributed by atoms with Gasteiger partial charge >= 0.3 is 0 Å². The van der Waals surface area contributed by atoms with Crippen molar-refractivity contribution in [3.8, 4) is 17.0 Å². The number of halogens is 2. The summed E-state index contributed by atoms with van der Waals surface area (Å²) in [6.07, 6.45) is 0. The summed E-state index contributed by atoms with van der Waals surface area (Å²) in [5, 5.41) is 12.7. The highest BCUT2D eigenvalue weighted by molar-refractivity contribution is 7.99. The fourth-order valence-corrected chi connectivity index (χ4v) is 4.08. The number of hydrogen-bond acceptors (Lipinski definition) is 8. The van der Waals surface area contributed by atoms with Crippen LogP contribution in [0.1, 0.15) is 17.0 Å². The molecule has 0 bridgehead atoms. The Hall–Kier alpha value is -3.31. The number of nitrogens with zero attached hydrogens (tertiary/aromatic N) is 3. The summed E-state index contributed by atoms with van der Waals surface area (Å²) < 4.78 is 37.8. The highest BCUT2D eigenvalue weighted by Gasteiger charge is 2.13. The monoisotopic (exact) mass is 488 g/mol. The molecule has 0 atom stereocenters. The average molecular weight is 489 g/mol. The van der Waals surface area contributed by atoms with Crippen LogP contribution in [0.2, 0.25) is 0 Å². The Balaban J connectivity index is 1.27. The van der Waals surface area contributed by atoms with Crippen molar-refractivity contribution in [3.05, 3.63) is 70.4 Å². The summed E-state index contributed by atoms with van der Waals surface area (Å²) in [6, 6.07) is 9.42. The van der Waals surface area contributed by atoms with Crippen molar-refractivity contribution in [3.63, 3.8) is 0 Å². The van der Waals surface area contributed by atoms with E-state index in [0.29, 0.717) is 22.3 Å². The van der Waals surface area contributed by atoms with Gasteiger partial charge < -0.3 is 14.5 Å². The lowest BCUT2D eigenvalue weighted by atomic mass is 10.1. The molecule has 4 aromatic rings. The van der Waals surface area contributed by atoms with E-state index < -0.39 is 11.6 Å². The third-order valence-electron chi connectivity index (χ3n) is 4.44. The first-order valence-corrected chi connectivity index (χ1v) is 11.6. The van der Waals surface area contributed by atoms with Crippen LogP contribution in [0.3, 0.4) is 0 Å². The molecule has 1 N–H and O–H groups in total. The number of benzene rings is 2. The first kappa shape index (κ1) is 22.9. The number of rotatable bonds is 8. The number of carbonyl (C=O) groups is 1. The number of hydrogen-bond donors (Lipinski definition) is 1. The summed E-state index contributed by atoms with van der Waals surface area (Å²) in [4.78, 5) is 16.5. The van der Waals surface area contributed by atoms with Crippen LogP contribution >= 0.6 is 23.1 Å². The predicted octanol–water partition coefficient (Wildman–Crippen LogP) is 5.40. The van der Waals surface area contributed by atoms with Gasteiger partial charge in [0.2, 0.25) is 5.91 Å². The van der Waals surface area contributed by atoms with E-state index in [9.17, 15) is 13.6 Å². The Morgan fingerprint density at radius 3 is 2.82 bits per heavy atom. The first-order valence-electron chi connectivity index (χ1n) is 9.73. The lowest BCUT2D eigenvalue weighted by molar-refractivity contribution is -0.113. The Bertz CT molecular complexity index is 1290. The van der Waals surface area contributed by atoms with Crippen LogP contribution in [-0.4, -0.2) is 26.8 Å². The molecule has 0 saturated heterocycles. The van der Waals surface area contributed by atoms with Crippen molar-refractivity contribution in [1.82, 2.24) is 15.2 Å². The van der Waals surface area contributed by atoms with Gasteiger partial charge in [0.25, 0.3) is 11.1 Å². The number of aryl methyl sites for hydroxylation is 2. The third-order valence-corrected chi connectivity index (χ3v) is 6.01. The fourth-order valence-electron chi connectivity index (χ4n) is 2.76. The zero-order valence-corrected chi connectivity index (χ0v) is 19.2. The molecule has 11 heteroatoms. The molecule has 2 heterocycles. The molecule has 0 saturated carbocycles. The van der Waals surface area contributed by atoms with Crippen LogP contribution in [0, 0.1) is 25.5 Å². The zero-order valence-electron chi connectivity index (χ0n) is 17.6. The lowest BCUT2D eigenvalue weighted by Crippen LogP contribution is -2.13. The number of ether oxygens (including phenoxy) is 1. The van der Waals surface area contributed by atoms with Crippen LogP contribution in [-0.2, 0) is 11.4 Å². The molecule has 2 aromatic carbocycles. The summed E-state index contributed by atoms with van der Waals surface area (Å²) >= 11 is 2.26. The van der Waals surface area contributed by atoms with Crippen molar-refractivity contribution in [2.24, 2.45) is 0 Å². The second-order valence-corrected chi connectivity index (χ2v) is 8.81. The molecule has 0 fully saturated rings. The minimum atomic E-state index is -0.958. The molecule has 2 aromatic heterocycles. The first-order chi connectivity index (χ1) is 15.9. The summed E-state index contributed by atoms with van der Waals surface area (Å²) in [5.41, 5.74) is 2.94. The number of carbonyl (C=O) groups excluding carboxylic acids is 1. The van der Waals surface area contributed by atoms with Gasteiger partial charge in [-0.2, -0.15) is 0 Å². The van der Waals surface area contributed by atoms with E-state index in [0.717, 1.165) is 40.8 Å². The Kier molecular flexibility index (Phi) is 6.99. The maximum absolute atomic E-state index is 13.4. The molecule has 0 aliphatic rings. The van der Waals surface area contributed by atoms with Gasteiger partial charge in [-0.3, -0.25) is 4.79 Å². The maximum Gasteiger partial charge on any atom is 0.277 e. The molecule has 0 aliphatic carbocycles. The third kappa shape index (κ3) is 5.93. The molecule has 170 valence electrons. The van der Waals surface area contributed by atoms with Gasteiger partial charge in [-0.1, -0.05) is 23.9 Å². The minimum Gasteiger partial charge on any atom is -0.484 e. The average Bonchev–Trinajstić information content (AvgIpc) is 3.44. The largest absolute Gasteiger partial charge is 0.484 e. The molecule has 0 spiro atoms. The molecular formula is C22H18F2N4O3S2. The van der Waals surface area contributed by atoms with Gasteiger partial charge in [0, 0.05) is 10.9 Å². The molecule has 0 radical (unpaired) electrons. The van der Waals surface area contributed by atoms with Crippen LogP contribution in [0.4, 0.5) is 13.9 Å². The molecule has 7 nitrogen and oxygen atoms in total. The number of nitrogens with one attached hydrogen (secondary N) is 1. The van der Waals surface area contributed by atoms with Gasteiger partial charge in [0.05, 0.1) is 11.4 Å². The molecule has 0 aliphatic heterocycles. The predicted molar refractivity (Wildman–Crippen MR) is 121 cm³/mol. The Morgan fingerprint density at radius 1 is 1.15 bits per heavy atom. The molecule has 1 amide bonds. The van der Waals surface area contributed by atoms with E-state index in [1.807, 2.05) is 32.0 Å². The quantitative estimate of drug-likeness (QED) is 0.332. The molecule has 33 heavy (non-hydrogen) atoms. The van der Waals surface area contributed by atoms with Crippen molar-refractivity contribution >= 4 is 34.1 Å². The van der Waals surface area contributed by atoms with Crippen molar-refractivity contribution in [1.29, 1.82) is 0 Å². The van der Waals surface area contributed by atoms with Gasteiger partial charge in [-0.25, -0.2) is 13.8 Å². The molecule has 4 rings (SSSR count). The van der Waals surface area contributed by atoms with Gasteiger partial charge in [-0.15, -0.1) is 21.5 Å². The van der Waals surface area contributed by atoms with Crippen LogP contribution in [0.5, 0.6) is 5.75 Å². The number of thiazole rings is 1. The minimum absolute atomic E-state index is 0.0273. The SMILES string of the molecule is Cc1ccc(C)c(OCc2nnc(SCC(=O)Nc3nc(-c4ccc(F)c(F)c4)cs3)o2)c1. The number of amides is 1. The number of aromatic nitrogens is 3. The second-order valence-electron chi connectivity index (χ2n) is 7.02. The summed E-state index contributed by atoms with van der Waals surface area (Å²) in [6.45, 7) is 4.05. The fraction of sp³-hybridized carbons (Fsp3) is 0.182. The van der Waals surface area contributed by atoms with Gasteiger partial charge in [0.15, 0.2) is 23.4 Å². The topological polar surface area (TPSA) is 90.1 Å². The molecular weight excluding hydrogens is 470 g/mol. The summed E-state index contributed by atoms with van der Waals surface area (Å²) in [7, 11) is 0. The number of anilines is 1. The zero-order chi connectivity index (χ0) is 23.4. The lowest BCUT2D eigenvalue weighted by Gasteiger charge is -2.07. The van der Waals surface area contributed by atoms with E-state index in [2.05, 4.69) is 20.5 Å². The van der Waals surface area contributed by atoms with Crippen LogP contribution in [0.15, 0.2) is 51.4 Å². The Labute approximate surface area is 196 Å². The van der Waals surface area contributed by atoms with Crippen LogP contribution < -0.4 is 10.1 Å². The highest BCUT2D eigenvalue weighted by Crippen LogP contribution is 2.27. The van der Waals surface area contributed by atoms with E-state index in [1.54, 1.807) is 5.38 Å². The van der Waals surface area contributed by atoms with Gasteiger partial charge in [0.1, 0.15) is 5.75 Å².